The van der Waals surface area contributed by atoms with Crippen LogP contribution in [0.5, 0.6) is 0 Å². The number of amides is 1. The Morgan fingerprint density at radius 2 is 1.67 bits per heavy atom. The molecule has 1 saturated heterocycles. The molecule has 1 aliphatic rings. The zero-order valence-electron chi connectivity index (χ0n) is 28.8. The number of nitrogens with zero attached hydrogens (tertiary/aromatic N) is 4. The molecule has 1 amide bonds. The number of carbonyl (C=O) groups excluding carboxylic acids is 1. The van der Waals surface area contributed by atoms with Gasteiger partial charge in [-0.1, -0.05) is 45.9 Å². The van der Waals surface area contributed by atoms with E-state index in [1.54, 1.807) is 0 Å². The maximum Gasteiger partial charge on any atom is 0.228 e. The lowest BCUT2D eigenvalue weighted by Crippen LogP contribution is -2.44. The van der Waals surface area contributed by atoms with Gasteiger partial charge in [-0.2, -0.15) is 0 Å². The number of carbonyl (C=O) groups is 1. The van der Waals surface area contributed by atoms with Crippen LogP contribution in [0.25, 0.3) is 0 Å². The van der Waals surface area contributed by atoms with E-state index in [-0.39, 0.29) is 20.8 Å². The molecule has 3 rings (SSSR count). The van der Waals surface area contributed by atoms with Crippen molar-refractivity contribution < 1.29 is 7.65 Å². The first-order valence-corrected chi connectivity index (χ1v) is 16.1. The second-order valence-corrected chi connectivity index (χ2v) is 11.9. The first-order valence-electron chi connectivity index (χ1n) is 16.1. The van der Waals surface area contributed by atoms with Gasteiger partial charge in [-0.3, -0.25) is 9.79 Å². The molecule has 0 aliphatic carbocycles. The number of piperazine rings is 1. The molecule has 2 atom stereocenters. The van der Waals surface area contributed by atoms with Gasteiger partial charge in [-0.05, 0) is 88.0 Å². The maximum atomic E-state index is 13.1. The first kappa shape index (κ1) is 36.0. The third-order valence-electron chi connectivity index (χ3n) is 7.91. The smallest absolute Gasteiger partial charge is 0.228 e. The minimum Gasteiger partial charge on any atom is -0.379 e. The Kier molecular flexibility index (Phi) is 14.9. The molecule has 242 valence electrons. The van der Waals surface area contributed by atoms with Gasteiger partial charge in [-0.25, -0.2) is 0 Å². The summed E-state index contributed by atoms with van der Waals surface area (Å²) < 4.78 is 0. The number of anilines is 2. The van der Waals surface area contributed by atoms with E-state index in [0.29, 0.717) is 12.3 Å². The molecule has 2 N–H and O–H groups in total. The van der Waals surface area contributed by atoms with Crippen LogP contribution in [0.3, 0.4) is 0 Å². The molecule has 2 aromatic carbocycles. The third-order valence-corrected chi connectivity index (χ3v) is 7.91. The third kappa shape index (κ3) is 11.5. The van der Waals surface area contributed by atoms with Gasteiger partial charge in [-0.15, -0.1) is 0 Å². The Labute approximate surface area is 265 Å². The fourth-order valence-corrected chi connectivity index (χ4v) is 5.10. The number of rotatable bonds is 12. The van der Waals surface area contributed by atoms with E-state index in [9.17, 15) is 4.79 Å². The lowest BCUT2D eigenvalue weighted by Gasteiger charge is -2.35. The van der Waals surface area contributed by atoms with Crippen molar-refractivity contribution in [1.82, 2.24) is 15.1 Å². The van der Waals surface area contributed by atoms with Crippen LogP contribution in [0.4, 0.5) is 11.4 Å². The SMILES string of the molecule is CC.CCN(C)/C=C(/N=CC(C)N[C@@H](C)c1cc(NC(=O)Cc2ccc(C)c(N3CCN(C)CC3)c2)ccc1C)C(C)C.[HH].[HH]. The van der Waals surface area contributed by atoms with Crippen LogP contribution in [-0.2, 0) is 11.2 Å². The van der Waals surface area contributed by atoms with Crippen LogP contribution in [0.1, 0.15) is 79.6 Å². The Bertz CT molecular complexity index is 1220. The predicted octanol–water partition coefficient (Wildman–Crippen LogP) is 7.31. The Balaban J connectivity index is 0.00000474. The molecule has 0 saturated carbocycles. The van der Waals surface area contributed by atoms with E-state index >= 15 is 0 Å². The summed E-state index contributed by atoms with van der Waals surface area (Å²) in [4.78, 5) is 24.8. The van der Waals surface area contributed by atoms with Crippen LogP contribution in [0, 0.1) is 19.8 Å². The summed E-state index contributed by atoms with van der Waals surface area (Å²) >= 11 is 0. The monoisotopic (exact) mass is 594 g/mol. The second-order valence-electron chi connectivity index (χ2n) is 11.9. The number of benzene rings is 2. The van der Waals surface area contributed by atoms with Crippen molar-refractivity contribution in [2.24, 2.45) is 10.9 Å². The number of likely N-dealkylation sites (N-methyl/N-ethyl adjacent to an activating group) is 1. The molecule has 1 unspecified atom stereocenters. The summed E-state index contributed by atoms with van der Waals surface area (Å²) in [5.74, 6) is 0.352. The maximum absolute atomic E-state index is 13.1. The van der Waals surface area contributed by atoms with E-state index in [4.69, 9.17) is 4.99 Å². The zero-order valence-corrected chi connectivity index (χ0v) is 28.8. The quantitative estimate of drug-likeness (QED) is 0.252. The highest BCUT2D eigenvalue weighted by Crippen LogP contribution is 2.25. The number of aliphatic imine (C=N–C) groups is 1. The van der Waals surface area contributed by atoms with E-state index in [2.05, 4.69) is 124 Å². The number of nitrogens with one attached hydrogen (secondary N) is 2. The van der Waals surface area contributed by atoms with Gasteiger partial charge >= 0.3 is 0 Å². The van der Waals surface area contributed by atoms with Crippen molar-refractivity contribution in [2.45, 2.75) is 80.8 Å². The first-order chi connectivity index (χ1) is 20.5. The lowest BCUT2D eigenvalue weighted by atomic mass is 10.0. The number of hydrogen-bond acceptors (Lipinski definition) is 6. The normalized spacial score (nSPS) is 15.7. The second kappa shape index (κ2) is 17.8. The van der Waals surface area contributed by atoms with Gasteiger partial charge in [0.25, 0.3) is 0 Å². The van der Waals surface area contributed by atoms with E-state index < -0.39 is 0 Å². The van der Waals surface area contributed by atoms with E-state index in [1.165, 1.54) is 22.4 Å². The average molecular weight is 595 g/mol. The summed E-state index contributed by atoms with van der Waals surface area (Å²) in [6.45, 7) is 24.1. The molecular formula is C36H62N6O. The molecule has 0 spiro atoms. The molecule has 0 aromatic heterocycles. The van der Waals surface area contributed by atoms with Crippen molar-refractivity contribution in [1.29, 1.82) is 0 Å². The predicted molar refractivity (Wildman–Crippen MR) is 191 cm³/mol. The topological polar surface area (TPSA) is 63.2 Å². The Morgan fingerprint density at radius 3 is 2.30 bits per heavy atom. The van der Waals surface area contributed by atoms with Gasteiger partial charge in [0, 0.05) is 78.5 Å². The van der Waals surface area contributed by atoms with Crippen LogP contribution >= 0.6 is 0 Å². The van der Waals surface area contributed by atoms with Gasteiger partial charge in [0.1, 0.15) is 0 Å². The molecule has 0 bridgehead atoms. The van der Waals surface area contributed by atoms with Crippen molar-refractivity contribution >= 4 is 23.5 Å². The van der Waals surface area contributed by atoms with Gasteiger partial charge in [0.15, 0.2) is 0 Å². The van der Waals surface area contributed by atoms with Crippen LogP contribution in [0.15, 0.2) is 53.3 Å². The van der Waals surface area contributed by atoms with Gasteiger partial charge in [0.05, 0.1) is 12.1 Å². The molecule has 0 radical (unpaired) electrons. The summed E-state index contributed by atoms with van der Waals surface area (Å²) in [6.07, 6.45) is 4.46. The zero-order chi connectivity index (χ0) is 32.1. The van der Waals surface area contributed by atoms with Gasteiger partial charge < -0.3 is 25.3 Å². The molecule has 7 nitrogen and oxygen atoms in total. The lowest BCUT2D eigenvalue weighted by molar-refractivity contribution is -0.115. The molecule has 1 heterocycles. The molecular weight excluding hydrogens is 532 g/mol. The molecule has 2 aromatic rings. The fraction of sp³-hybridized carbons (Fsp3) is 0.556. The minimum atomic E-state index is -0.000790. The number of hydrogen-bond donors (Lipinski definition) is 2. The van der Waals surface area contributed by atoms with Crippen molar-refractivity contribution in [3.63, 3.8) is 0 Å². The van der Waals surface area contributed by atoms with Crippen molar-refractivity contribution in [3.8, 4) is 0 Å². The highest BCUT2D eigenvalue weighted by molar-refractivity contribution is 5.92. The van der Waals surface area contributed by atoms with Crippen LogP contribution in [-0.4, -0.2) is 74.8 Å². The number of allylic oxidation sites excluding steroid dienone is 1. The van der Waals surface area contributed by atoms with Crippen molar-refractivity contribution in [3.05, 3.63) is 70.5 Å². The summed E-state index contributed by atoms with van der Waals surface area (Å²) in [7, 11) is 4.24. The number of aryl methyl sites for hydroxylation is 2. The summed E-state index contributed by atoms with van der Waals surface area (Å²) in [6, 6.07) is 12.8. The Hall–Kier alpha value is -3.16. The molecule has 1 fully saturated rings. The average Bonchev–Trinajstić information content (AvgIpc) is 2.98. The van der Waals surface area contributed by atoms with Gasteiger partial charge in [0.2, 0.25) is 5.91 Å². The van der Waals surface area contributed by atoms with Crippen LogP contribution < -0.4 is 15.5 Å². The standard InChI is InChI=1S/C34H52N6O.C2H6.2H2/c1-10-38(8)23-32(24(2)3)35-22-27(6)36-28(7)31-21-30(14-12-25(31)4)37-34(41)20-29-13-11-26(5)33(19-29)40-17-15-39(9)16-18-40;1-2;;/h11-14,19,21-24,27-28,36H,10,15-18,20H2,1-9H3,(H,37,41);1-2H3;2*1H/b32-23+,35-22?;;;/t27?,28-;;;/m0.../s1. The molecule has 1 aliphatic heterocycles. The molecule has 7 heteroatoms. The highest BCUT2D eigenvalue weighted by Gasteiger charge is 2.17. The van der Waals surface area contributed by atoms with E-state index in [0.717, 1.165) is 49.7 Å². The summed E-state index contributed by atoms with van der Waals surface area (Å²) in [5.41, 5.74) is 7.79. The van der Waals surface area contributed by atoms with E-state index in [1.807, 2.05) is 26.1 Å². The van der Waals surface area contributed by atoms with Crippen LogP contribution in [0.2, 0.25) is 0 Å². The summed E-state index contributed by atoms with van der Waals surface area (Å²) in [5, 5.41) is 6.79. The fourth-order valence-electron chi connectivity index (χ4n) is 5.10. The Morgan fingerprint density at radius 1 is 1.02 bits per heavy atom. The molecule has 43 heavy (non-hydrogen) atoms. The minimum absolute atomic E-state index is 0. The highest BCUT2D eigenvalue weighted by atomic mass is 16.1. The largest absolute Gasteiger partial charge is 0.379 e. The van der Waals surface area contributed by atoms with Crippen molar-refractivity contribution in [2.75, 3.05) is 57.0 Å².